The normalized spacial score (nSPS) is 9.27. The highest BCUT2D eigenvalue weighted by Crippen LogP contribution is 2.09. The predicted octanol–water partition coefficient (Wildman–Crippen LogP) is 2.78. The second-order valence-electron chi connectivity index (χ2n) is 3.18. The summed E-state index contributed by atoms with van der Waals surface area (Å²) in [5, 5.41) is 5.65. The Hall–Kier alpha value is -1.55. The summed E-state index contributed by atoms with van der Waals surface area (Å²) in [5.41, 5.74) is 1.01. The van der Waals surface area contributed by atoms with Crippen LogP contribution in [0.4, 0.5) is 10.6 Å². The van der Waals surface area contributed by atoms with Gasteiger partial charge in [-0.05, 0) is 26.0 Å². The molecular formula is C10H12ClN3O. The van der Waals surface area contributed by atoms with Gasteiger partial charge in [0, 0.05) is 12.4 Å². The number of nitrogens with zero attached hydrogens (tertiary/aromatic N) is 1. The van der Waals surface area contributed by atoms with Crippen LogP contribution in [0.1, 0.15) is 13.8 Å². The van der Waals surface area contributed by atoms with Gasteiger partial charge in [-0.15, -0.1) is 0 Å². The molecule has 5 heteroatoms. The number of urea groups is 1. The summed E-state index contributed by atoms with van der Waals surface area (Å²) >= 11 is 5.65. The molecule has 0 aliphatic rings. The van der Waals surface area contributed by atoms with Gasteiger partial charge in [-0.2, -0.15) is 0 Å². The monoisotopic (exact) mass is 225 g/mol. The maximum Gasteiger partial charge on any atom is 0.324 e. The summed E-state index contributed by atoms with van der Waals surface area (Å²) in [6.07, 6.45) is 3.09. The van der Waals surface area contributed by atoms with Crippen LogP contribution < -0.4 is 10.6 Å². The van der Waals surface area contributed by atoms with Crippen molar-refractivity contribution < 1.29 is 4.79 Å². The number of hydrogen-bond donors (Lipinski definition) is 2. The maximum atomic E-state index is 11.3. The summed E-state index contributed by atoms with van der Waals surface area (Å²) in [6.45, 7) is 3.78. The van der Waals surface area contributed by atoms with E-state index in [1.165, 1.54) is 6.20 Å². The molecular weight excluding hydrogens is 214 g/mol. The fourth-order valence-electron chi connectivity index (χ4n) is 0.812. The first-order valence-corrected chi connectivity index (χ1v) is 4.78. The van der Waals surface area contributed by atoms with Crippen molar-refractivity contribution in [3.8, 4) is 0 Å². The molecule has 0 bridgehead atoms. The smallest absolute Gasteiger partial charge is 0.314 e. The lowest BCUT2D eigenvalue weighted by Gasteiger charge is -2.03. The zero-order valence-corrected chi connectivity index (χ0v) is 9.30. The van der Waals surface area contributed by atoms with E-state index in [4.69, 9.17) is 11.6 Å². The molecule has 0 aromatic carbocycles. The van der Waals surface area contributed by atoms with Crippen molar-refractivity contribution >= 4 is 23.4 Å². The Bertz CT molecular complexity index is 369. The Morgan fingerprint density at radius 2 is 2.20 bits per heavy atom. The summed E-state index contributed by atoms with van der Waals surface area (Å²) in [4.78, 5) is 15.2. The standard InChI is InChI=1S/C10H12ClN3O/c1-7(2)5-13-10(15)14-9-4-3-8(11)6-12-9/h3-6H,1-2H3,(H2,12,13,14,15). The highest BCUT2D eigenvalue weighted by molar-refractivity contribution is 6.30. The summed E-state index contributed by atoms with van der Waals surface area (Å²) < 4.78 is 0. The van der Waals surface area contributed by atoms with Crippen LogP contribution in [0, 0.1) is 0 Å². The largest absolute Gasteiger partial charge is 0.324 e. The van der Waals surface area contributed by atoms with Gasteiger partial charge in [-0.1, -0.05) is 17.2 Å². The molecule has 1 aromatic heterocycles. The number of anilines is 1. The summed E-state index contributed by atoms with van der Waals surface area (Å²) in [6, 6.07) is 2.96. The molecule has 1 aromatic rings. The highest BCUT2D eigenvalue weighted by atomic mass is 35.5. The first kappa shape index (κ1) is 11.5. The molecule has 0 radical (unpaired) electrons. The molecule has 80 valence electrons. The minimum absolute atomic E-state index is 0.328. The fourth-order valence-corrected chi connectivity index (χ4v) is 0.924. The number of allylic oxidation sites excluding steroid dienone is 1. The van der Waals surface area contributed by atoms with Gasteiger partial charge < -0.3 is 5.32 Å². The van der Waals surface area contributed by atoms with Crippen LogP contribution in [0.5, 0.6) is 0 Å². The van der Waals surface area contributed by atoms with E-state index < -0.39 is 0 Å². The summed E-state index contributed by atoms with van der Waals surface area (Å²) in [7, 11) is 0. The topological polar surface area (TPSA) is 54.0 Å². The first-order valence-electron chi connectivity index (χ1n) is 4.40. The number of pyridine rings is 1. The second kappa shape index (κ2) is 5.36. The van der Waals surface area contributed by atoms with Crippen molar-refractivity contribution in [3.05, 3.63) is 35.1 Å². The van der Waals surface area contributed by atoms with E-state index in [1.54, 1.807) is 18.3 Å². The summed E-state index contributed by atoms with van der Waals surface area (Å²) in [5.74, 6) is 0.457. The van der Waals surface area contributed by atoms with E-state index in [9.17, 15) is 4.79 Å². The minimum atomic E-state index is -0.328. The number of aromatic nitrogens is 1. The van der Waals surface area contributed by atoms with Crippen molar-refractivity contribution in [1.29, 1.82) is 0 Å². The van der Waals surface area contributed by atoms with E-state index in [2.05, 4.69) is 15.6 Å². The van der Waals surface area contributed by atoms with Gasteiger partial charge in [0.25, 0.3) is 0 Å². The van der Waals surface area contributed by atoms with E-state index in [1.807, 2.05) is 13.8 Å². The molecule has 0 fully saturated rings. The van der Waals surface area contributed by atoms with Crippen LogP contribution in [0.2, 0.25) is 5.02 Å². The van der Waals surface area contributed by atoms with Gasteiger partial charge >= 0.3 is 6.03 Å². The van der Waals surface area contributed by atoms with Crippen molar-refractivity contribution in [2.75, 3.05) is 5.32 Å². The van der Waals surface area contributed by atoms with Gasteiger partial charge in [0.15, 0.2) is 0 Å². The third kappa shape index (κ3) is 4.46. The van der Waals surface area contributed by atoms with E-state index in [0.717, 1.165) is 5.57 Å². The number of rotatable bonds is 2. The number of nitrogens with one attached hydrogen (secondary N) is 2. The lowest BCUT2D eigenvalue weighted by atomic mass is 10.4. The lowest BCUT2D eigenvalue weighted by molar-refractivity contribution is 0.255. The van der Waals surface area contributed by atoms with Crippen LogP contribution in [-0.2, 0) is 0 Å². The van der Waals surface area contributed by atoms with Crippen LogP contribution in [0.15, 0.2) is 30.1 Å². The van der Waals surface area contributed by atoms with Gasteiger partial charge in [0.1, 0.15) is 5.82 Å². The van der Waals surface area contributed by atoms with Gasteiger partial charge in [-0.25, -0.2) is 9.78 Å². The van der Waals surface area contributed by atoms with E-state index in [-0.39, 0.29) is 6.03 Å². The molecule has 0 atom stereocenters. The number of amides is 2. The Morgan fingerprint density at radius 1 is 1.47 bits per heavy atom. The second-order valence-corrected chi connectivity index (χ2v) is 3.62. The number of carbonyl (C=O) groups is 1. The maximum absolute atomic E-state index is 11.3. The van der Waals surface area contributed by atoms with Gasteiger partial charge in [0.05, 0.1) is 5.02 Å². The van der Waals surface area contributed by atoms with E-state index in [0.29, 0.717) is 10.8 Å². The molecule has 0 saturated carbocycles. The van der Waals surface area contributed by atoms with Crippen molar-refractivity contribution in [2.24, 2.45) is 0 Å². The Balaban J connectivity index is 2.51. The van der Waals surface area contributed by atoms with Gasteiger partial charge in [-0.3, -0.25) is 5.32 Å². The average molecular weight is 226 g/mol. The van der Waals surface area contributed by atoms with Crippen LogP contribution in [0.25, 0.3) is 0 Å². The lowest BCUT2D eigenvalue weighted by Crippen LogP contribution is -2.24. The van der Waals surface area contributed by atoms with Crippen molar-refractivity contribution in [1.82, 2.24) is 10.3 Å². The van der Waals surface area contributed by atoms with Gasteiger partial charge in [0.2, 0.25) is 0 Å². The fraction of sp³-hybridized carbons (Fsp3) is 0.200. The quantitative estimate of drug-likeness (QED) is 0.813. The SMILES string of the molecule is CC(C)=CNC(=O)Nc1ccc(Cl)cn1. The highest BCUT2D eigenvalue weighted by Gasteiger charge is 1.99. The van der Waals surface area contributed by atoms with Crippen molar-refractivity contribution in [3.63, 3.8) is 0 Å². The van der Waals surface area contributed by atoms with Crippen LogP contribution in [0.3, 0.4) is 0 Å². The molecule has 0 aliphatic heterocycles. The molecule has 1 rings (SSSR count). The number of halogens is 1. The number of carbonyl (C=O) groups excluding carboxylic acids is 1. The molecule has 0 unspecified atom stereocenters. The Kier molecular flexibility index (Phi) is 4.12. The van der Waals surface area contributed by atoms with Crippen LogP contribution in [-0.4, -0.2) is 11.0 Å². The molecule has 4 nitrogen and oxygen atoms in total. The zero-order chi connectivity index (χ0) is 11.3. The van der Waals surface area contributed by atoms with Crippen LogP contribution >= 0.6 is 11.6 Å². The first-order chi connectivity index (χ1) is 7.08. The molecule has 2 amide bonds. The Morgan fingerprint density at radius 3 is 2.73 bits per heavy atom. The molecule has 1 heterocycles. The average Bonchev–Trinajstić information content (AvgIpc) is 2.19. The molecule has 0 spiro atoms. The molecule has 15 heavy (non-hydrogen) atoms. The molecule has 0 aliphatic carbocycles. The Labute approximate surface area is 93.4 Å². The van der Waals surface area contributed by atoms with E-state index >= 15 is 0 Å². The minimum Gasteiger partial charge on any atom is -0.314 e. The predicted molar refractivity (Wildman–Crippen MR) is 60.8 cm³/mol. The number of hydrogen-bond acceptors (Lipinski definition) is 2. The molecule has 2 N–H and O–H groups in total. The third-order valence-electron chi connectivity index (χ3n) is 1.46. The zero-order valence-electron chi connectivity index (χ0n) is 8.54. The van der Waals surface area contributed by atoms with Crippen molar-refractivity contribution in [2.45, 2.75) is 13.8 Å². The molecule has 0 saturated heterocycles. The third-order valence-corrected chi connectivity index (χ3v) is 1.68.